The average molecular weight is 460 g/mol. The summed E-state index contributed by atoms with van der Waals surface area (Å²) in [4.78, 5) is 11.7. The van der Waals surface area contributed by atoms with Gasteiger partial charge in [0.2, 0.25) is 5.91 Å². The molecule has 0 saturated carbocycles. The molecule has 1 rings (SSSR count). The first kappa shape index (κ1) is 26.6. The summed E-state index contributed by atoms with van der Waals surface area (Å²) in [6.45, 7) is 4.08. The van der Waals surface area contributed by atoms with E-state index in [0.717, 1.165) is 0 Å². The molecule has 3 unspecified atom stereocenters. The summed E-state index contributed by atoms with van der Waals surface area (Å²) in [5, 5.41) is 2.77. The Hall–Kier alpha value is -2.39. The molecule has 1 heterocycles. The number of hydrogen-bond acceptors (Lipinski definition) is 4. The first-order valence-electron chi connectivity index (χ1n) is 9.80. The average Bonchev–Trinajstić information content (AvgIpc) is 2.68. The lowest BCUT2D eigenvalue weighted by molar-refractivity contribution is -0.116. The monoisotopic (exact) mass is 459 g/mol. The number of halogens is 3. The van der Waals surface area contributed by atoms with Gasteiger partial charge in [0.25, 0.3) is 0 Å². The van der Waals surface area contributed by atoms with Crippen LogP contribution in [0.15, 0.2) is 72.9 Å². The minimum Gasteiger partial charge on any atom is -0.352 e. The van der Waals surface area contributed by atoms with Gasteiger partial charge in [0.1, 0.15) is 0 Å². The molecule has 1 amide bonds. The highest BCUT2D eigenvalue weighted by molar-refractivity contribution is 7.87. The van der Waals surface area contributed by atoms with Crippen LogP contribution < -0.4 is 5.32 Å². The molecule has 0 spiro atoms. The van der Waals surface area contributed by atoms with E-state index in [1.807, 2.05) is 19.1 Å². The number of allylic oxidation sites excluding steroid dienone is 9. The number of hydrogen-bond donors (Lipinski definition) is 1. The van der Waals surface area contributed by atoms with Gasteiger partial charge in [-0.05, 0) is 24.7 Å². The largest absolute Gasteiger partial charge is 0.523 e. The molecule has 0 aromatic rings. The standard InChI is InChI=1S/C22H28F3NO4S/c1-18-13-9-5-3-6-10-14-19(2)20(30-31(28,29)22(23,24)25)15-11-7-4-8-12-16-21(27)26-17-18/h3-13,16,18-20H,14-15,17H2,1-2H3,(H,26,27)/b5-3-,8-4+,10-6+,11-7-,13-9+,16-12-. The quantitative estimate of drug-likeness (QED) is 0.478. The molecule has 0 aliphatic carbocycles. The summed E-state index contributed by atoms with van der Waals surface area (Å²) in [7, 11) is -5.70. The zero-order chi connectivity index (χ0) is 23.3. The van der Waals surface area contributed by atoms with Crippen LogP contribution in [0.3, 0.4) is 0 Å². The Labute approximate surface area is 181 Å². The van der Waals surface area contributed by atoms with Gasteiger partial charge in [0.05, 0.1) is 6.10 Å². The second-order valence-corrected chi connectivity index (χ2v) is 8.64. The summed E-state index contributed by atoms with van der Waals surface area (Å²) in [6.07, 6.45) is 19.0. The minimum absolute atomic E-state index is 0.0324. The van der Waals surface area contributed by atoms with E-state index < -0.39 is 27.6 Å². The van der Waals surface area contributed by atoms with Crippen LogP contribution in [0.1, 0.15) is 26.7 Å². The van der Waals surface area contributed by atoms with E-state index >= 15 is 0 Å². The maximum atomic E-state index is 12.7. The molecule has 3 atom stereocenters. The van der Waals surface area contributed by atoms with Crippen molar-refractivity contribution in [3.63, 3.8) is 0 Å². The van der Waals surface area contributed by atoms with E-state index in [4.69, 9.17) is 0 Å². The van der Waals surface area contributed by atoms with E-state index in [2.05, 4.69) is 9.50 Å². The number of rotatable bonds is 2. The molecule has 31 heavy (non-hydrogen) atoms. The van der Waals surface area contributed by atoms with Gasteiger partial charge in [-0.25, -0.2) is 0 Å². The lowest BCUT2D eigenvalue weighted by atomic mass is 9.98. The van der Waals surface area contributed by atoms with Crippen LogP contribution in [0, 0.1) is 11.8 Å². The zero-order valence-corrected chi connectivity index (χ0v) is 18.3. The molecule has 1 N–H and O–H groups in total. The first-order valence-corrected chi connectivity index (χ1v) is 11.2. The third-order valence-corrected chi connectivity index (χ3v) is 5.34. The van der Waals surface area contributed by atoms with Gasteiger partial charge in [0.15, 0.2) is 0 Å². The number of carbonyl (C=O) groups excluding carboxylic acids is 1. The van der Waals surface area contributed by atoms with Crippen molar-refractivity contribution in [3.05, 3.63) is 72.9 Å². The molecule has 1 aliphatic heterocycles. The molecule has 9 heteroatoms. The van der Waals surface area contributed by atoms with Crippen molar-refractivity contribution in [3.8, 4) is 0 Å². The van der Waals surface area contributed by atoms with Gasteiger partial charge in [0, 0.05) is 12.6 Å². The summed E-state index contributed by atoms with van der Waals surface area (Å²) in [5.41, 5.74) is -5.48. The third kappa shape index (κ3) is 11.0. The van der Waals surface area contributed by atoms with Gasteiger partial charge >= 0.3 is 15.6 Å². The van der Waals surface area contributed by atoms with Crippen molar-refractivity contribution in [2.24, 2.45) is 11.8 Å². The molecule has 172 valence electrons. The van der Waals surface area contributed by atoms with Gasteiger partial charge in [-0.1, -0.05) is 80.7 Å². The Balaban J connectivity index is 3.01. The predicted octanol–water partition coefficient (Wildman–Crippen LogP) is 4.74. The van der Waals surface area contributed by atoms with Gasteiger partial charge in [-0.2, -0.15) is 21.6 Å². The van der Waals surface area contributed by atoms with E-state index in [1.165, 1.54) is 18.2 Å². The molecule has 0 aromatic heterocycles. The van der Waals surface area contributed by atoms with Gasteiger partial charge < -0.3 is 5.32 Å². The van der Waals surface area contributed by atoms with Crippen LogP contribution in [0.4, 0.5) is 13.2 Å². The van der Waals surface area contributed by atoms with Gasteiger partial charge in [-0.15, -0.1) is 0 Å². The fraction of sp³-hybridized carbons (Fsp3) is 0.409. The lowest BCUT2D eigenvalue weighted by Gasteiger charge is -2.22. The van der Waals surface area contributed by atoms with Crippen molar-refractivity contribution in [2.75, 3.05) is 6.54 Å². The van der Waals surface area contributed by atoms with E-state index in [0.29, 0.717) is 13.0 Å². The van der Waals surface area contributed by atoms with E-state index in [1.54, 1.807) is 49.5 Å². The Morgan fingerprint density at radius 1 is 0.935 bits per heavy atom. The lowest BCUT2D eigenvalue weighted by Crippen LogP contribution is -2.32. The predicted molar refractivity (Wildman–Crippen MR) is 115 cm³/mol. The highest BCUT2D eigenvalue weighted by atomic mass is 32.2. The van der Waals surface area contributed by atoms with Crippen LogP contribution in [0.2, 0.25) is 0 Å². The van der Waals surface area contributed by atoms with Crippen molar-refractivity contribution < 1.29 is 30.6 Å². The maximum Gasteiger partial charge on any atom is 0.523 e. The molecular weight excluding hydrogens is 431 g/mol. The molecule has 5 nitrogen and oxygen atoms in total. The molecule has 0 bridgehead atoms. The maximum absolute atomic E-state index is 12.7. The highest BCUT2D eigenvalue weighted by Gasteiger charge is 2.48. The molecule has 0 radical (unpaired) electrons. The summed E-state index contributed by atoms with van der Waals surface area (Å²) in [6, 6.07) is 0. The van der Waals surface area contributed by atoms with Crippen molar-refractivity contribution in [1.29, 1.82) is 0 Å². The second-order valence-electron chi connectivity index (χ2n) is 7.08. The van der Waals surface area contributed by atoms with E-state index in [9.17, 15) is 26.4 Å². The molecule has 0 saturated heterocycles. The number of nitrogens with one attached hydrogen (secondary N) is 1. The fourth-order valence-corrected chi connectivity index (χ4v) is 3.14. The highest BCUT2D eigenvalue weighted by Crippen LogP contribution is 2.29. The third-order valence-electron chi connectivity index (χ3n) is 4.27. The summed E-state index contributed by atoms with van der Waals surface area (Å²) in [5.74, 6) is -0.606. The van der Waals surface area contributed by atoms with Crippen LogP contribution in [-0.2, 0) is 19.1 Å². The number of carbonyl (C=O) groups is 1. The molecule has 0 fully saturated rings. The Bertz CT molecular complexity index is 852. The van der Waals surface area contributed by atoms with Crippen LogP contribution in [0.5, 0.6) is 0 Å². The fourth-order valence-electron chi connectivity index (χ4n) is 2.44. The minimum atomic E-state index is -5.70. The smallest absolute Gasteiger partial charge is 0.352 e. The number of amides is 1. The van der Waals surface area contributed by atoms with Crippen LogP contribution >= 0.6 is 0 Å². The molecule has 1 aliphatic rings. The van der Waals surface area contributed by atoms with Crippen molar-refractivity contribution in [1.82, 2.24) is 5.32 Å². The van der Waals surface area contributed by atoms with Crippen LogP contribution in [0.25, 0.3) is 0 Å². The SMILES string of the molecule is CC1/C=C/C=C\C=C\CC(C)C(OS(=O)(=O)C(F)(F)F)C\C=C/C=C/C=C\C(=O)NC1. The number of alkyl halides is 3. The Kier molecular flexibility index (Phi) is 11.3. The van der Waals surface area contributed by atoms with Crippen LogP contribution in [-0.4, -0.2) is 32.5 Å². The topological polar surface area (TPSA) is 72.5 Å². The summed E-state index contributed by atoms with van der Waals surface area (Å²) < 4.78 is 65.6. The Morgan fingerprint density at radius 2 is 1.52 bits per heavy atom. The van der Waals surface area contributed by atoms with Gasteiger partial charge in [-0.3, -0.25) is 8.98 Å². The molecule has 0 aromatic carbocycles. The van der Waals surface area contributed by atoms with Crippen molar-refractivity contribution >= 4 is 16.0 Å². The first-order chi connectivity index (χ1) is 14.5. The zero-order valence-electron chi connectivity index (χ0n) is 17.5. The van der Waals surface area contributed by atoms with Crippen molar-refractivity contribution in [2.45, 2.75) is 38.3 Å². The second kappa shape index (κ2) is 13.1. The molecular formula is C22H28F3NO4S. The summed E-state index contributed by atoms with van der Waals surface area (Å²) >= 11 is 0. The Morgan fingerprint density at radius 3 is 2.16 bits per heavy atom. The van der Waals surface area contributed by atoms with E-state index in [-0.39, 0.29) is 18.2 Å². The normalized spacial score (nSPS) is 31.0.